The molecule has 1 atom stereocenters. The van der Waals surface area contributed by atoms with Crippen molar-refractivity contribution in [3.63, 3.8) is 0 Å². The van der Waals surface area contributed by atoms with Crippen LogP contribution in [0.1, 0.15) is 40.1 Å². The molecular formula is C40H36N4O8. The first-order valence-corrected chi connectivity index (χ1v) is 16.4. The number of aryl methyl sites for hydroxylation is 1. The Morgan fingerprint density at radius 1 is 0.865 bits per heavy atom. The van der Waals surface area contributed by atoms with E-state index in [4.69, 9.17) is 9.47 Å². The smallest absolute Gasteiger partial charge is 0.350 e. The summed E-state index contributed by atoms with van der Waals surface area (Å²) in [5.41, 5.74) is 0.673. The second-order valence-electron chi connectivity index (χ2n) is 12.7. The summed E-state index contributed by atoms with van der Waals surface area (Å²) in [5, 5.41) is 17.1. The lowest BCUT2D eigenvalue weighted by atomic mass is 9.92. The fraction of sp³-hybridized carbons (Fsp3) is 0.175. The Kier molecular flexibility index (Phi) is 9.65. The summed E-state index contributed by atoms with van der Waals surface area (Å²) >= 11 is 0. The van der Waals surface area contributed by atoms with Gasteiger partial charge in [0, 0.05) is 30.4 Å². The number of nitrogens with one attached hydrogen (secondary N) is 1. The predicted molar refractivity (Wildman–Crippen MR) is 195 cm³/mol. The molecule has 12 nitrogen and oxygen atoms in total. The zero-order valence-electron chi connectivity index (χ0n) is 29.0. The normalized spacial score (nSPS) is 15.3. The summed E-state index contributed by atoms with van der Waals surface area (Å²) in [6.07, 6.45) is 0. The van der Waals surface area contributed by atoms with Gasteiger partial charge in [0.15, 0.2) is 0 Å². The number of benzene rings is 5. The third-order valence-corrected chi connectivity index (χ3v) is 8.87. The third kappa shape index (κ3) is 6.73. The number of fused-ring (bicyclic) bond motifs is 1. The molecule has 1 saturated heterocycles. The Morgan fingerprint density at radius 3 is 2.21 bits per heavy atom. The SMILES string of the molecule is CC(=O)OCC1(C)CN(c2ccccc2)N(C(=O)N(C)c2ccccc2C(=O)Oc2cc(C(=O)Nc3ccccc3C)c(O)c3ccccc23)C1=O. The second kappa shape index (κ2) is 14.3. The van der Waals surface area contributed by atoms with E-state index in [0.717, 1.165) is 15.5 Å². The van der Waals surface area contributed by atoms with Crippen LogP contribution in [0.5, 0.6) is 11.5 Å². The van der Waals surface area contributed by atoms with Crippen LogP contribution in [0.15, 0.2) is 109 Å². The average Bonchev–Trinajstić information content (AvgIpc) is 3.42. The number of amides is 4. The summed E-state index contributed by atoms with van der Waals surface area (Å²) in [6.45, 7) is 4.49. The summed E-state index contributed by atoms with van der Waals surface area (Å²) in [5.74, 6) is -2.91. The van der Waals surface area contributed by atoms with E-state index in [-0.39, 0.29) is 46.9 Å². The van der Waals surface area contributed by atoms with Crippen molar-refractivity contribution in [2.24, 2.45) is 5.41 Å². The maximum atomic E-state index is 14.3. The van der Waals surface area contributed by atoms with E-state index in [1.165, 1.54) is 37.2 Å². The molecule has 0 radical (unpaired) electrons. The average molecular weight is 701 g/mol. The Morgan fingerprint density at radius 2 is 1.50 bits per heavy atom. The highest BCUT2D eigenvalue weighted by molar-refractivity contribution is 6.13. The number of hydrogen-bond donors (Lipinski definition) is 2. The molecule has 12 heteroatoms. The van der Waals surface area contributed by atoms with E-state index >= 15 is 0 Å². The number of rotatable bonds is 8. The highest BCUT2D eigenvalue weighted by Crippen LogP contribution is 2.39. The molecule has 1 unspecified atom stereocenters. The first-order valence-electron chi connectivity index (χ1n) is 16.4. The molecule has 6 rings (SSSR count). The quantitative estimate of drug-likeness (QED) is 0.133. The van der Waals surface area contributed by atoms with Crippen molar-refractivity contribution >= 4 is 57.6 Å². The molecule has 0 bridgehead atoms. The zero-order chi connectivity index (χ0) is 37.2. The van der Waals surface area contributed by atoms with E-state index in [2.05, 4.69) is 5.32 Å². The van der Waals surface area contributed by atoms with E-state index in [1.54, 1.807) is 85.8 Å². The van der Waals surface area contributed by atoms with Crippen molar-refractivity contribution < 1.29 is 38.6 Å². The Labute approximate surface area is 299 Å². The Balaban J connectivity index is 1.32. The lowest BCUT2D eigenvalue weighted by Gasteiger charge is -2.31. The highest BCUT2D eigenvalue weighted by Gasteiger charge is 2.52. The standard InChI is InChI=1S/C40H36N4O8/c1-25-14-8-12-20-32(25)41-36(47)31-22-34(28-17-9-10-18-29(28)35(31)46)52-37(48)30-19-11-13-21-33(30)42(4)39(50)44-38(49)40(3,24-51-26(2)45)23-43(44)27-15-6-5-7-16-27/h5-22,46H,23-24H2,1-4H3,(H,41,47). The zero-order valence-corrected chi connectivity index (χ0v) is 29.0. The van der Waals surface area contributed by atoms with Crippen LogP contribution < -0.4 is 20.0 Å². The number of para-hydroxylation sites is 3. The fourth-order valence-corrected chi connectivity index (χ4v) is 6.03. The topological polar surface area (TPSA) is 146 Å². The summed E-state index contributed by atoms with van der Waals surface area (Å²) in [4.78, 5) is 68.4. The van der Waals surface area contributed by atoms with Crippen LogP contribution in [0.3, 0.4) is 0 Å². The minimum absolute atomic E-state index is 0.00308. The maximum absolute atomic E-state index is 14.3. The van der Waals surface area contributed by atoms with Gasteiger partial charge in [0.1, 0.15) is 23.5 Å². The molecule has 1 aliphatic heterocycles. The number of esters is 2. The van der Waals surface area contributed by atoms with Gasteiger partial charge in [-0.3, -0.25) is 24.3 Å². The van der Waals surface area contributed by atoms with Crippen molar-refractivity contribution in [3.8, 4) is 11.5 Å². The molecule has 5 aromatic carbocycles. The van der Waals surface area contributed by atoms with Gasteiger partial charge < -0.3 is 19.9 Å². The van der Waals surface area contributed by atoms with Crippen LogP contribution in [-0.2, 0) is 14.3 Å². The molecule has 0 spiro atoms. The van der Waals surface area contributed by atoms with Crippen LogP contribution in [0.2, 0.25) is 0 Å². The summed E-state index contributed by atoms with van der Waals surface area (Å²) < 4.78 is 11.1. The minimum atomic E-state index is -1.25. The minimum Gasteiger partial charge on any atom is -0.506 e. The van der Waals surface area contributed by atoms with Crippen molar-refractivity contribution in [1.29, 1.82) is 0 Å². The number of hydrazine groups is 1. The van der Waals surface area contributed by atoms with Gasteiger partial charge in [-0.15, -0.1) is 0 Å². The molecule has 1 heterocycles. The van der Waals surface area contributed by atoms with Gasteiger partial charge in [-0.25, -0.2) is 9.59 Å². The number of carbonyl (C=O) groups excluding carboxylic acids is 5. The first kappa shape index (κ1) is 35.1. The number of aromatic hydroxyl groups is 1. The van der Waals surface area contributed by atoms with Gasteiger partial charge >= 0.3 is 18.0 Å². The van der Waals surface area contributed by atoms with Gasteiger partial charge in [-0.1, -0.05) is 72.8 Å². The van der Waals surface area contributed by atoms with Gasteiger partial charge in [0.2, 0.25) is 0 Å². The number of imide groups is 1. The number of urea groups is 1. The van der Waals surface area contributed by atoms with Crippen LogP contribution >= 0.6 is 0 Å². The molecule has 5 aromatic rings. The van der Waals surface area contributed by atoms with Crippen molar-refractivity contribution in [1.82, 2.24) is 5.01 Å². The van der Waals surface area contributed by atoms with Crippen molar-refractivity contribution in [2.45, 2.75) is 20.8 Å². The largest absolute Gasteiger partial charge is 0.506 e. The van der Waals surface area contributed by atoms with E-state index in [1.807, 2.05) is 19.1 Å². The van der Waals surface area contributed by atoms with Gasteiger partial charge in [0.25, 0.3) is 11.8 Å². The molecule has 2 N–H and O–H groups in total. The van der Waals surface area contributed by atoms with Crippen molar-refractivity contribution in [3.05, 3.63) is 126 Å². The molecule has 52 heavy (non-hydrogen) atoms. The molecule has 1 aliphatic rings. The van der Waals surface area contributed by atoms with Gasteiger partial charge in [-0.2, -0.15) is 5.01 Å². The molecule has 0 aromatic heterocycles. The Bertz CT molecular complexity index is 2220. The lowest BCUT2D eigenvalue weighted by molar-refractivity contribution is -0.147. The summed E-state index contributed by atoms with van der Waals surface area (Å²) in [7, 11) is 1.43. The van der Waals surface area contributed by atoms with E-state index in [9.17, 15) is 29.1 Å². The van der Waals surface area contributed by atoms with Crippen LogP contribution in [0, 0.1) is 12.3 Å². The van der Waals surface area contributed by atoms with E-state index < -0.39 is 35.2 Å². The Hall–Kier alpha value is -6.69. The fourth-order valence-electron chi connectivity index (χ4n) is 6.03. The number of ether oxygens (including phenoxy) is 2. The highest BCUT2D eigenvalue weighted by atomic mass is 16.5. The number of carbonyl (C=O) groups is 5. The van der Waals surface area contributed by atoms with Crippen LogP contribution in [0.4, 0.5) is 21.9 Å². The number of phenolic OH excluding ortho intramolecular Hbond substituents is 1. The molecule has 1 fully saturated rings. The van der Waals surface area contributed by atoms with E-state index in [0.29, 0.717) is 16.8 Å². The number of nitrogens with zero attached hydrogens (tertiary/aromatic N) is 3. The maximum Gasteiger partial charge on any atom is 0.350 e. The van der Waals surface area contributed by atoms with Crippen molar-refractivity contribution in [2.75, 3.05) is 35.4 Å². The molecule has 4 amide bonds. The first-order chi connectivity index (χ1) is 24.9. The lowest BCUT2D eigenvalue weighted by Crippen LogP contribution is -2.50. The monoisotopic (exact) mass is 700 g/mol. The molecule has 0 aliphatic carbocycles. The van der Waals surface area contributed by atoms with Crippen LogP contribution in [0.25, 0.3) is 10.8 Å². The van der Waals surface area contributed by atoms with Gasteiger partial charge in [-0.05, 0) is 55.8 Å². The second-order valence-corrected chi connectivity index (χ2v) is 12.7. The molecular weight excluding hydrogens is 664 g/mol. The molecule has 0 saturated carbocycles. The number of anilines is 3. The molecule has 264 valence electrons. The third-order valence-electron chi connectivity index (χ3n) is 8.87. The number of phenols is 1. The predicted octanol–water partition coefficient (Wildman–Crippen LogP) is 6.71. The van der Waals surface area contributed by atoms with Crippen LogP contribution in [-0.4, -0.2) is 60.1 Å². The van der Waals surface area contributed by atoms with Gasteiger partial charge in [0.05, 0.1) is 29.0 Å². The number of hydrogen-bond acceptors (Lipinski definition) is 9. The summed E-state index contributed by atoms with van der Waals surface area (Å²) in [6, 6.07) is 29.4.